The van der Waals surface area contributed by atoms with Crippen LogP contribution < -0.4 is 5.32 Å². The molecule has 0 radical (unpaired) electrons. The van der Waals surface area contributed by atoms with Crippen LogP contribution in [0.15, 0.2) is 48.9 Å². The van der Waals surface area contributed by atoms with Crippen molar-refractivity contribution in [3.63, 3.8) is 0 Å². The molecule has 0 spiro atoms. The van der Waals surface area contributed by atoms with Crippen molar-refractivity contribution in [1.29, 1.82) is 0 Å². The number of hydrogen-bond donors (Lipinski definition) is 3. The average Bonchev–Trinajstić information content (AvgIpc) is 3.38. The minimum atomic E-state index is -0.425. The number of benzene rings is 1. The smallest absolute Gasteiger partial charge is 0.164 e. The van der Waals surface area contributed by atoms with Crippen LogP contribution in [0.3, 0.4) is 0 Å². The summed E-state index contributed by atoms with van der Waals surface area (Å²) in [6.07, 6.45) is 5.58. The highest BCUT2D eigenvalue weighted by Crippen LogP contribution is 2.28. The number of aromatic amines is 2. The van der Waals surface area contributed by atoms with Crippen LogP contribution in [0.5, 0.6) is 0 Å². The van der Waals surface area contributed by atoms with Crippen LogP contribution in [0, 0.1) is 5.82 Å². The summed E-state index contributed by atoms with van der Waals surface area (Å²) in [5.41, 5.74) is 5.21. The second kappa shape index (κ2) is 7.79. The molecule has 0 bridgehead atoms. The zero-order chi connectivity index (χ0) is 21.4. The molecule has 156 valence electrons. The third-order valence-electron chi connectivity index (χ3n) is 5.33. The van der Waals surface area contributed by atoms with E-state index in [0.717, 1.165) is 23.1 Å². The number of pyridine rings is 1. The van der Waals surface area contributed by atoms with Crippen LogP contribution in [0.1, 0.15) is 31.0 Å². The molecule has 3 N–H and O–H groups in total. The van der Waals surface area contributed by atoms with Crippen molar-refractivity contribution >= 4 is 27.8 Å². The Bertz CT molecular complexity index is 1370. The molecule has 5 aromatic rings. The van der Waals surface area contributed by atoms with Gasteiger partial charge in [0, 0.05) is 35.4 Å². The van der Waals surface area contributed by atoms with Gasteiger partial charge in [-0.3, -0.25) is 10.1 Å². The SMILES string of the molecule is CC(C)c1[nH]nc2c(NCCc3c[nH]c4ccccc34)nc(-c3cncc(F)c3)nc12. The lowest BCUT2D eigenvalue weighted by molar-refractivity contribution is 0.622. The van der Waals surface area contributed by atoms with Crippen molar-refractivity contribution < 1.29 is 4.39 Å². The van der Waals surface area contributed by atoms with Crippen molar-refractivity contribution in [2.45, 2.75) is 26.2 Å². The van der Waals surface area contributed by atoms with Gasteiger partial charge in [0.1, 0.15) is 11.3 Å². The first-order valence-corrected chi connectivity index (χ1v) is 10.3. The number of nitrogens with zero attached hydrogens (tertiary/aromatic N) is 4. The summed E-state index contributed by atoms with van der Waals surface area (Å²) in [6.45, 7) is 4.81. The van der Waals surface area contributed by atoms with Crippen LogP contribution >= 0.6 is 0 Å². The molecular weight excluding hydrogens is 393 g/mol. The van der Waals surface area contributed by atoms with Gasteiger partial charge in [-0.05, 0) is 30.0 Å². The van der Waals surface area contributed by atoms with Gasteiger partial charge in [-0.1, -0.05) is 32.0 Å². The van der Waals surface area contributed by atoms with E-state index in [2.05, 4.69) is 61.4 Å². The summed E-state index contributed by atoms with van der Waals surface area (Å²) in [6, 6.07) is 9.63. The Morgan fingerprint density at radius 2 is 1.97 bits per heavy atom. The molecule has 4 aromatic heterocycles. The topological polar surface area (TPSA) is 95.2 Å². The first kappa shape index (κ1) is 19.2. The fraction of sp³-hybridized carbons (Fsp3) is 0.217. The number of para-hydroxylation sites is 1. The van der Waals surface area contributed by atoms with E-state index in [1.165, 1.54) is 23.2 Å². The van der Waals surface area contributed by atoms with Crippen LogP contribution in [0.25, 0.3) is 33.3 Å². The second-order valence-electron chi connectivity index (χ2n) is 7.81. The highest BCUT2D eigenvalue weighted by Gasteiger charge is 2.18. The molecule has 0 aliphatic carbocycles. The lowest BCUT2D eigenvalue weighted by Gasteiger charge is -2.09. The molecule has 0 fully saturated rings. The first-order valence-electron chi connectivity index (χ1n) is 10.3. The number of anilines is 1. The molecule has 0 aliphatic heterocycles. The molecule has 0 amide bonds. The van der Waals surface area contributed by atoms with E-state index in [1.54, 1.807) is 6.20 Å². The lowest BCUT2D eigenvalue weighted by Crippen LogP contribution is -2.08. The van der Waals surface area contributed by atoms with E-state index in [-0.39, 0.29) is 5.92 Å². The molecule has 1 aromatic carbocycles. The Morgan fingerprint density at radius 1 is 1.10 bits per heavy atom. The Labute approximate surface area is 178 Å². The van der Waals surface area contributed by atoms with Gasteiger partial charge in [0.15, 0.2) is 17.2 Å². The summed E-state index contributed by atoms with van der Waals surface area (Å²) in [7, 11) is 0. The van der Waals surface area contributed by atoms with Gasteiger partial charge in [-0.15, -0.1) is 0 Å². The van der Waals surface area contributed by atoms with E-state index in [4.69, 9.17) is 0 Å². The van der Waals surface area contributed by atoms with Crippen molar-refractivity contribution in [1.82, 2.24) is 30.1 Å². The summed E-state index contributed by atoms with van der Waals surface area (Å²) < 4.78 is 13.7. The average molecular weight is 415 g/mol. The summed E-state index contributed by atoms with van der Waals surface area (Å²) in [5.74, 6) is 0.813. The molecule has 5 rings (SSSR count). The standard InChI is InChI=1S/C23H22FN7/c1-13(2)19-20-21(31-30-19)23(29-22(28-20)15-9-16(24)12-25-10-15)26-8-7-14-11-27-18-6-4-3-5-17(14)18/h3-6,9-13,27H,7-8H2,1-2H3,(H,30,31)(H,26,28,29). The Hall–Kier alpha value is -3.81. The number of nitrogens with one attached hydrogen (secondary N) is 3. The highest BCUT2D eigenvalue weighted by molar-refractivity contribution is 5.89. The third kappa shape index (κ3) is 3.61. The van der Waals surface area contributed by atoms with Gasteiger partial charge in [-0.25, -0.2) is 14.4 Å². The summed E-state index contributed by atoms with van der Waals surface area (Å²) in [4.78, 5) is 16.6. The highest BCUT2D eigenvalue weighted by atomic mass is 19.1. The maximum Gasteiger partial charge on any atom is 0.164 e. The third-order valence-corrected chi connectivity index (χ3v) is 5.33. The minimum absolute atomic E-state index is 0.206. The van der Waals surface area contributed by atoms with E-state index in [9.17, 15) is 4.39 Å². The first-order chi connectivity index (χ1) is 15.1. The molecule has 0 saturated carbocycles. The zero-order valence-corrected chi connectivity index (χ0v) is 17.3. The number of aromatic nitrogens is 6. The number of halogens is 1. The van der Waals surface area contributed by atoms with Crippen molar-refractivity contribution in [3.8, 4) is 11.4 Å². The van der Waals surface area contributed by atoms with Crippen LogP contribution in [0.4, 0.5) is 10.2 Å². The quantitative estimate of drug-likeness (QED) is 0.370. The monoisotopic (exact) mass is 415 g/mol. The van der Waals surface area contributed by atoms with Crippen LogP contribution in [-0.4, -0.2) is 36.7 Å². The Kier molecular flexibility index (Phi) is 4.82. The minimum Gasteiger partial charge on any atom is -0.368 e. The number of rotatable bonds is 6. The fourth-order valence-electron chi connectivity index (χ4n) is 3.76. The number of hydrogen-bond acceptors (Lipinski definition) is 5. The maximum absolute atomic E-state index is 13.7. The van der Waals surface area contributed by atoms with Crippen LogP contribution in [0.2, 0.25) is 0 Å². The van der Waals surface area contributed by atoms with Gasteiger partial charge in [0.2, 0.25) is 0 Å². The zero-order valence-electron chi connectivity index (χ0n) is 17.3. The molecule has 31 heavy (non-hydrogen) atoms. The number of fused-ring (bicyclic) bond motifs is 2. The Morgan fingerprint density at radius 3 is 2.81 bits per heavy atom. The lowest BCUT2D eigenvalue weighted by atomic mass is 10.1. The second-order valence-corrected chi connectivity index (χ2v) is 7.81. The molecular formula is C23H22FN7. The predicted octanol–water partition coefficient (Wildman–Crippen LogP) is 4.81. The molecule has 8 heteroatoms. The van der Waals surface area contributed by atoms with Gasteiger partial charge in [0.25, 0.3) is 0 Å². The maximum atomic E-state index is 13.7. The largest absolute Gasteiger partial charge is 0.368 e. The molecule has 0 unspecified atom stereocenters. The van der Waals surface area contributed by atoms with Crippen molar-refractivity contribution in [2.24, 2.45) is 0 Å². The van der Waals surface area contributed by atoms with E-state index in [1.807, 2.05) is 18.3 Å². The van der Waals surface area contributed by atoms with Gasteiger partial charge >= 0.3 is 0 Å². The number of H-pyrrole nitrogens is 2. The Balaban J connectivity index is 1.49. The fourth-order valence-corrected chi connectivity index (χ4v) is 3.76. The van der Waals surface area contributed by atoms with Crippen molar-refractivity contribution in [2.75, 3.05) is 11.9 Å². The molecule has 4 heterocycles. The van der Waals surface area contributed by atoms with Crippen LogP contribution in [-0.2, 0) is 6.42 Å². The van der Waals surface area contributed by atoms with Gasteiger partial charge < -0.3 is 10.3 Å². The predicted molar refractivity (Wildman–Crippen MR) is 119 cm³/mol. The summed E-state index contributed by atoms with van der Waals surface area (Å²) in [5, 5.41) is 12.2. The van der Waals surface area contributed by atoms with E-state index >= 15 is 0 Å². The molecule has 0 saturated heterocycles. The van der Waals surface area contributed by atoms with E-state index < -0.39 is 5.82 Å². The van der Waals surface area contributed by atoms with Gasteiger partial charge in [-0.2, -0.15) is 5.10 Å². The summed E-state index contributed by atoms with van der Waals surface area (Å²) >= 11 is 0. The molecule has 0 aliphatic rings. The molecule has 7 nitrogen and oxygen atoms in total. The molecule has 0 atom stereocenters. The van der Waals surface area contributed by atoms with Gasteiger partial charge in [0.05, 0.1) is 11.9 Å². The van der Waals surface area contributed by atoms with Crippen molar-refractivity contribution in [3.05, 3.63) is 66.0 Å². The normalized spacial score (nSPS) is 11.6. The van der Waals surface area contributed by atoms with E-state index in [0.29, 0.717) is 29.3 Å².